The van der Waals surface area contributed by atoms with Crippen molar-refractivity contribution in [2.75, 3.05) is 6.26 Å². The van der Waals surface area contributed by atoms with Crippen LogP contribution in [0.1, 0.15) is 5.89 Å². The molecule has 6 nitrogen and oxygen atoms in total. The van der Waals surface area contributed by atoms with Crippen molar-refractivity contribution < 1.29 is 4.52 Å². The SMILES string of the molecule is CSCc1nc(-c2ncn[nH]2)no1. The van der Waals surface area contributed by atoms with Gasteiger partial charge in [-0.3, -0.25) is 5.10 Å². The Labute approximate surface area is 78.1 Å². The first-order chi connectivity index (χ1) is 6.40. The van der Waals surface area contributed by atoms with Gasteiger partial charge in [-0.25, -0.2) is 4.98 Å². The molecule has 0 aliphatic rings. The summed E-state index contributed by atoms with van der Waals surface area (Å²) in [7, 11) is 0. The molecule has 0 unspecified atom stereocenters. The lowest BCUT2D eigenvalue weighted by Crippen LogP contribution is -1.84. The average Bonchev–Trinajstić information content (AvgIpc) is 2.70. The molecule has 0 saturated carbocycles. The molecule has 13 heavy (non-hydrogen) atoms. The topological polar surface area (TPSA) is 80.5 Å². The van der Waals surface area contributed by atoms with E-state index in [4.69, 9.17) is 4.52 Å². The Hall–Kier alpha value is -1.37. The number of aromatic amines is 1. The Morgan fingerprint density at radius 3 is 3.23 bits per heavy atom. The van der Waals surface area contributed by atoms with Crippen LogP contribution in [0.3, 0.4) is 0 Å². The second kappa shape index (κ2) is 3.56. The predicted octanol–water partition coefficient (Wildman–Crippen LogP) is 0.718. The van der Waals surface area contributed by atoms with Crippen LogP contribution in [0.2, 0.25) is 0 Å². The van der Waals surface area contributed by atoms with Crippen LogP contribution < -0.4 is 0 Å². The van der Waals surface area contributed by atoms with Crippen molar-refractivity contribution in [1.82, 2.24) is 25.3 Å². The van der Waals surface area contributed by atoms with Crippen LogP contribution in [-0.4, -0.2) is 31.6 Å². The van der Waals surface area contributed by atoms with Gasteiger partial charge in [-0.15, -0.1) is 0 Å². The molecule has 2 heterocycles. The van der Waals surface area contributed by atoms with Crippen molar-refractivity contribution in [1.29, 1.82) is 0 Å². The third kappa shape index (κ3) is 1.69. The van der Waals surface area contributed by atoms with Crippen molar-refractivity contribution in [3.05, 3.63) is 12.2 Å². The van der Waals surface area contributed by atoms with Gasteiger partial charge in [-0.2, -0.15) is 21.8 Å². The first-order valence-electron chi connectivity index (χ1n) is 3.57. The Kier molecular flexibility index (Phi) is 2.26. The number of hydrogen-bond donors (Lipinski definition) is 1. The molecule has 2 rings (SSSR count). The molecular weight excluding hydrogens is 190 g/mol. The smallest absolute Gasteiger partial charge is 0.239 e. The first-order valence-corrected chi connectivity index (χ1v) is 4.97. The van der Waals surface area contributed by atoms with Gasteiger partial charge in [0.15, 0.2) is 5.82 Å². The van der Waals surface area contributed by atoms with Gasteiger partial charge in [0.2, 0.25) is 11.7 Å². The highest BCUT2D eigenvalue weighted by Gasteiger charge is 2.09. The second-order valence-corrected chi connectivity index (χ2v) is 3.14. The van der Waals surface area contributed by atoms with Gasteiger partial charge in [0.1, 0.15) is 6.33 Å². The van der Waals surface area contributed by atoms with Crippen molar-refractivity contribution in [2.24, 2.45) is 0 Å². The molecule has 2 aromatic heterocycles. The lowest BCUT2D eigenvalue weighted by Gasteiger charge is -1.83. The maximum Gasteiger partial charge on any atom is 0.239 e. The summed E-state index contributed by atoms with van der Waals surface area (Å²) in [6, 6.07) is 0. The fraction of sp³-hybridized carbons (Fsp3) is 0.333. The Morgan fingerprint density at radius 2 is 2.54 bits per heavy atom. The predicted molar refractivity (Wildman–Crippen MR) is 46.9 cm³/mol. The fourth-order valence-corrected chi connectivity index (χ4v) is 1.21. The summed E-state index contributed by atoms with van der Waals surface area (Å²) < 4.78 is 4.96. The van der Waals surface area contributed by atoms with Crippen LogP contribution in [-0.2, 0) is 5.75 Å². The molecule has 0 aliphatic heterocycles. The van der Waals surface area contributed by atoms with Crippen molar-refractivity contribution in [3.8, 4) is 11.6 Å². The lowest BCUT2D eigenvalue weighted by molar-refractivity contribution is 0.391. The van der Waals surface area contributed by atoms with Gasteiger partial charge >= 0.3 is 0 Å². The van der Waals surface area contributed by atoms with Crippen LogP contribution in [0.4, 0.5) is 0 Å². The number of hydrogen-bond acceptors (Lipinski definition) is 6. The molecule has 0 fully saturated rings. The normalized spacial score (nSPS) is 10.5. The molecule has 7 heteroatoms. The molecule has 1 N–H and O–H groups in total. The zero-order valence-corrected chi connectivity index (χ0v) is 7.71. The van der Waals surface area contributed by atoms with Gasteiger partial charge in [-0.05, 0) is 6.26 Å². The molecule has 0 amide bonds. The standard InChI is InChI=1S/C6H7N5OS/c1-13-2-4-9-6(11-12-4)5-7-3-8-10-5/h3H,2H2,1H3,(H,7,8,10). The minimum atomic E-state index is 0.446. The van der Waals surface area contributed by atoms with E-state index in [1.54, 1.807) is 11.8 Å². The fourth-order valence-electron chi connectivity index (χ4n) is 0.846. The van der Waals surface area contributed by atoms with E-state index in [-0.39, 0.29) is 0 Å². The van der Waals surface area contributed by atoms with Crippen molar-refractivity contribution in [3.63, 3.8) is 0 Å². The zero-order valence-electron chi connectivity index (χ0n) is 6.89. The van der Waals surface area contributed by atoms with Gasteiger partial charge in [-0.1, -0.05) is 5.16 Å². The molecular formula is C6H7N5OS. The van der Waals surface area contributed by atoms with Crippen LogP contribution in [0, 0.1) is 0 Å². The maximum absolute atomic E-state index is 4.96. The summed E-state index contributed by atoms with van der Waals surface area (Å²) in [6.07, 6.45) is 3.37. The largest absolute Gasteiger partial charge is 0.338 e. The van der Waals surface area contributed by atoms with Gasteiger partial charge in [0.05, 0.1) is 5.75 Å². The minimum Gasteiger partial charge on any atom is -0.338 e. The van der Waals surface area contributed by atoms with Gasteiger partial charge < -0.3 is 4.52 Å². The van der Waals surface area contributed by atoms with E-state index in [0.717, 1.165) is 0 Å². The molecule has 0 radical (unpaired) electrons. The molecule has 0 atom stereocenters. The van der Waals surface area contributed by atoms with E-state index in [1.165, 1.54) is 6.33 Å². The lowest BCUT2D eigenvalue weighted by atomic mass is 10.6. The van der Waals surface area contributed by atoms with E-state index in [2.05, 4.69) is 25.3 Å². The van der Waals surface area contributed by atoms with Crippen LogP contribution in [0.5, 0.6) is 0 Å². The van der Waals surface area contributed by atoms with E-state index in [1.807, 2.05) is 6.26 Å². The highest BCUT2D eigenvalue weighted by Crippen LogP contribution is 2.11. The molecule has 0 bridgehead atoms. The van der Waals surface area contributed by atoms with E-state index < -0.39 is 0 Å². The van der Waals surface area contributed by atoms with Gasteiger partial charge in [0.25, 0.3) is 0 Å². The average molecular weight is 197 g/mol. The van der Waals surface area contributed by atoms with E-state index in [0.29, 0.717) is 23.3 Å². The quantitative estimate of drug-likeness (QED) is 0.780. The second-order valence-electron chi connectivity index (χ2n) is 2.28. The molecule has 2 aromatic rings. The number of H-pyrrole nitrogens is 1. The van der Waals surface area contributed by atoms with Crippen molar-refractivity contribution >= 4 is 11.8 Å². The molecule has 0 spiro atoms. The van der Waals surface area contributed by atoms with Crippen molar-refractivity contribution in [2.45, 2.75) is 5.75 Å². The molecule has 0 saturated heterocycles. The Morgan fingerprint density at radius 1 is 1.62 bits per heavy atom. The Bertz CT molecular complexity index is 370. The zero-order chi connectivity index (χ0) is 9.10. The number of nitrogens with one attached hydrogen (secondary N) is 1. The molecule has 0 aromatic carbocycles. The Balaban J connectivity index is 2.23. The minimum absolute atomic E-state index is 0.446. The summed E-state index contributed by atoms with van der Waals surface area (Å²) in [6.45, 7) is 0. The number of rotatable bonds is 3. The highest BCUT2D eigenvalue weighted by atomic mass is 32.2. The van der Waals surface area contributed by atoms with E-state index >= 15 is 0 Å². The van der Waals surface area contributed by atoms with Crippen LogP contribution >= 0.6 is 11.8 Å². The molecule has 0 aliphatic carbocycles. The number of aromatic nitrogens is 5. The number of nitrogens with zero attached hydrogens (tertiary/aromatic N) is 4. The summed E-state index contributed by atoms with van der Waals surface area (Å²) >= 11 is 1.62. The first kappa shape index (κ1) is 8.24. The third-order valence-corrected chi connectivity index (χ3v) is 1.90. The molecule has 68 valence electrons. The maximum atomic E-state index is 4.96. The summed E-state index contributed by atoms with van der Waals surface area (Å²) in [5.41, 5.74) is 0. The van der Waals surface area contributed by atoms with Crippen LogP contribution in [0.25, 0.3) is 11.6 Å². The van der Waals surface area contributed by atoms with E-state index in [9.17, 15) is 0 Å². The highest BCUT2D eigenvalue weighted by molar-refractivity contribution is 7.97. The summed E-state index contributed by atoms with van der Waals surface area (Å²) in [5.74, 6) is 2.28. The summed E-state index contributed by atoms with van der Waals surface area (Å²) in [4.78, 5) is 8.01. The van der Waals surface area contributed by atoms with Gasteiger partial charge in [0, 0.05) is 0 Å². The summed E-state index contributed by atoms with van der Waals surface area (Å²) in [5, 5.41) is 10.1. The monoisotopic (exact) mass is 197 g/mol. The van der Waals surface area contributed by atoms with Crippen LogP contribution in [0.15, 0.2) is 10.9 Å². The third-order valence-electron chi connectivity index (χ3n) is 1.36. The number of thioether (sulfide) groups is 1.